The van der Waals surface area contributed by atoms with E-state index in [0.717, 1.165) is 33.4 Å². The Labute approximate surface area is 332 Å². The molecule has 2 aromatic heterocycles. The summed E-state index contributed by atoms with van der Waals surface area (Å²) in [5.74, 6) is -3.40. The molecule has 6 N–H and O–H groups in total. The average Bonchev–Trinajstić information content (AvgIpc) is 3.53. The van der Waals surface area contributed by atoms with E-state index in [0.29, 0.717) is 17.2 Å². The van der Waals surface area contributed by atoms with Crippen LogP contribution in [0.15, 0.2) is 75.6 Å². The van der Waals surface area contributed by atoms with E-state index in [4.69, 9.17) is 10.2 Å². The number of phenolic OH excluding ortho intramolecular Hbond substituents is 1. The van der Waals surface area contributed by atoms with Gasteiger partial charge in [-0.1, -0.05) is 23.9 Å². The van der Waals surface area contributed by atoms with Crippen molar-refractivity contribution in [2.24, 2.45) is 5.73 Å². The maximum Gasteiger partial charge on any atom is 1.00 e. The zero-order chi connectivity index (χ0) is 37.3. The molecule has 21 heteroatoms. The molecule has 2 aromatic carbocycles. The first-order valence-corrected chi connectivity index (χ1v) is 17.4. The number of nitrogens with two attached hydrogens (primary N) is 1. The number of aryl methyl sites for hydroxylation is 1. The number of carboxylic acid groups (broad SMARTS) is 1. The second kappa shape index (κ2) is 16.3. The van der Waals surface area contributed by atoms with E-state index in [1.807, 2.05) is 31.1 Å². The van der Waals surface area contributed by atoms with Crippen LogP contribution in [0.5, 0.6) is 11.6 Å². The van der Waals surface area contributed by atoms with Gasteiger partial charge in [-0.25, -0.2) is 9.78 Å². The molecule has 270 valence electrons. The normalized spacial score (nSPS) is 16.8. The number of rotatable bonds is 12. The van der Waals surface area contributed by atoms with Crippen molar-refractivity contribution < 1.29 is 68.5 Å². The number of hydrogen-bond donors (Lipinski definition) is 5. The van der Waals surface area contributed by atoms with Crippen molar-refractivity contribution in [2.45, 2.75) is 29.6 Å². The van der Waals surface area contributed by atoms with Crippen LogP contribution in [0.1, 0.15) is 17.5 Å². The van der Waals surface area contributed by atoms with Gasteiger partial charge in [0.2, 0.25) is 23.6 Å². The molecule has 4 amide bonds. The van der Waals surface area contributed by atoms with E-state index in [2.05, 4.69) is 30.8 Å². The molecule has 0 aliphatic carbocycles. The SMILES string of the molecule is Cc1nnc(SCC2=C(C(=O)[O-])N3C(=O)C(NC(=O)C(c4ccc(O)cc4)N(C(N)=O)c4cnc(Nc5ccc(N(C)C)cc5)nc4O)[C@@H]3SC2)o1.[Na+]. The predicted molar refractivity (Wildman–Crippen MR) is 187 cm³/mol. The fraction of sp³-hybridized carbons (Fsp3) is 0.250. The Hall–Kier alpha value is -5.02. The summed E-state index contributed by atoms with van der Waals surface area (Å²) in [5, 5.41) is 45.8. The largest absolute Gasteiger partial charge is 1.00 e. The number of amides is 4. The summed E-state index contributed by atoms with van der Waals surface area (Å²) in [6, 6.07) is 8.55. The van der Waals surface area contributed by atoms with Crippen molar-refractivity contribution in [3.63, 3.8) is 0 Å². The standard InChI is InChI=1S/C32H32N10O8S2.Na/c1-15-38-39-32(50-15)52-14-17-13-51-28-22(27(46)42(28)24(17)29(47)48)36-26(45)23(16-4-10-20(43)11-5-16)41(30(33)49)21-12-34-31(37-25(21)44)35-18-6-8-19(9-7-18)40(2)3;/h4-12,22-23,28,43H,13-14H2,1-3H3,(H2,33,49)(H,36,45)(H,47,48)(H2,34,35,37,44);/q;+1/p-1/t22?,23?,28-;/m0./s1. The minimum absolute atomic E-state index is 0. The number of nitrogens with zero attached hydrogens (tertiary/aromatic N) is 7. The molecule has 0 radical (unpaired) electrons. The van der Waals surface area contributed by atoms with E-state index in [-0.39, 0.29) is 74.9 Å². The molecule has 18 nitrogen and oxygen atoms in total. The van der Waals surface area contributed by atoms with Gasteiger partial charge >= 0.3 is 35.6 Å². The number of aliphatic carboxylic acids is 1. The number of aromatic hydroxyl groups is 2. The van der Waals surface area contributed by atoms with E-state index in [1.165, 1.54) is 36.0 Å². The monoisotopic (exact) mass is 770 g/mol. The number of β-lactam (4-membered cyclic amide) rings is 1. The topological polar surface area (TPSA) is 256 Å². The molecule has 0 saturated carbocycles. The molecule has 2 aliphatic rings. The number of hydrogen-bond acceptors (Lipinski definition) is 16. The van der Waals surface area contributed by atoms with E-state index < -0.39 is 47.2 Å². The predicted octanol–water partition coefficient (Wildman–Crippen LogP) is -1.78. The summed E-state index contributed by atoms with van der Waals surface area (Å²) >= 11 is 2.32. The Morgan fingerprint density at radius 2 is 1.83 bits per heavy atom. The van der Waals surface area contributed by atoms with Crippen LogP contribution in [0, 0.1) is 6.92 Å². The number of urea groups is 1. The number of anilines is 4. The van der Waals surface area contributed by atoms with Crippen molar-refractivity contribution in [3.8, 4) is 11.6 Å². The van der Waals surface area contributed by atoms with Gasteiger partial charge in [0, 0.05) is 43.9 Å². The van der Waals surface area contributed by atoms with E-state index in [1.54, 1.807) is 19.1 Å². The first kappa shape index (κ1) is 39.2. The summed E-state index contributed by atoms with van der Waals surface area (Å²) in [6.07, 6.45) is 1.10. The minimum atomic E-state index is -1.61. The van der Waals surface area contributed by atoms with Crippen LogP contribution in [0.25, 0.3) is 0 Å². The number of fused-ring (bicyclic) bond motifs is 1. The smallest absolute Gasteiger partial charge is 0.543 e. The number of phenols is 1. The van der Waals surface area contributed by atoms with Gasteiger partial charge in [-0.05, 0) is 47.5 Å². The molecule has 1 fully saturated rings. The first-order chi connectivity index (χ1) is 24.8. The van der Waals surface area contributed by atoms with Gasteiger partial charge < -0.3 is 45.8 Å². The maximum atomic E-state index is 14.1. The van der Waals surface area contributed by atoms with Crippen LogP contribution in [-0.4, -0.2) is 96.1 Å². The zero-order valence-electron chi connectivity index (χ0n) is 28.7. The summed E-state index contributed by atoms with van der Waals surface area (Å²) in [5.41, 5.74) is 7.23. The first-order valence-electron chi connectivity index (χ1n) is 15.4. The molecule has 2 unspecified atom stereocenters. The number of thioether (sulfide) groups is 2. The van der Waals surface area contributed by atoms with E-state index >= 15 is 0 Å². The third-order valence-electron chi connectivity index (χ3n) is 8.02. The number of carboxylic acids is 1. The fourth-order valence-corrected chi connectivity index (χ4v) is 7.82. The molecule has 4 heterocycles. The van der Waals surface area contributed by atoms with Crippen LogP contribution in [0.4, 0.5) is 27.8 Å². The second-order valence-electron chi connectivity index (χ2n) is 11.7. The van der Waals surface area contributed by atoms with Gasteiger partial charge in [0.25, 0.3) is 11.1 Å². The van der Waals surface area contributed by atoms with Crippen molar-refractivity contribution in [1.29, 1.82) is 0 Å². The van der Waals surface area contributed by atoms with Crippen LogP contribution in [0.3, 0.4) is 0 Å². The number of primary amides is 1. The summed E-state index contributed by atoms with van der Waals surface area (Å²) < 4.78 is 5.34. The van der Waals surface area contributed by atoms with Gasteiger partial charge in [0.05, 0.1) is 17.9 Å². The number of carbonyl (C=O) groups excluding carboxylic acids is 4. The summed E-state index contributed by atoms with van der Waals surface area (Å²) in [7, 11) is 3.79. The van der Waals surface area contributed by atoms with Crippen molar-refractivity contribution in [1.82, 2.24) is 30.4 Å². The molecule has 1 saturated heterocycles. The Morgan fingerprint density at radius 1 is 1.13 bits per heavy atom. The minimum Gasteiger partial charge on any atom is -0.543 e. The molecule has 6 rings (SSSR count). The molecule has 0 spiro atoms. The zero-order valence-corrected chi connectivity index (χ0v) is 32.3. The molecule has 2 aliphatic heterocycles. The molecular weight excluding hydrogens is 740 g/mol. The van der Waals surface area contributed by atoms with Crippen LogP contribution < -0.4 is 60.8 Å². The van der Waals surface area contributed by atoms with Gasteiger partial charge in [-0.2, -0.15) is 4.98 Å². The number of carbonyl (C=O) groups is 4. The second-order valence-corrected chi connectivity index (χ2v) is 13.7. The Bertz CT molecular complexity index is 2070. The summed E-state index contributed by atoms with van der Waals surface area (Å²) in [4.78, 5) is 64.8. The van der Waals surface area contributed by atoms with Crippen LogP contribution in [-0.2, 0) is 14.4 Å². The molecular formula is C32H31N10NaO8S2. The third kappa shape index (κ3) is 8.31. The maximum absolute atomic E-state index is 14.1. The quantitative estimate of drug-likeness (QED) is 0.0606. The molecule has 3 atom stereocenters. The van der Waals surface area contributed by atoms with Gasteiger partial charge in [-0.15, -0.1) is 22.0 Å². The van der Waals surface area contributed by atoms with Crippen LogP contribution in [0.2, 0.25) is 0 Å². The van der Waals surface area contributed by atoms with Crippen molar-refractivity contribution in [3.05, 3.63) is 77.5 Å². The van der Waals surface area contributed by atoms with Gasteiger partial charge in [0.1, 0.15) is 28.9 Å². The molecule has 53 heavy (non-hydrogen) atoms. The average molecular weight is 771 g/mol. The molecule has 4 aromatic rings. The van der Waals surface area contributed by atoms with Gasteiger partial charge in [0.15, 0.2) is 0 Å². The van der Waals surface area contributed by atoms with Crippen LogP contribution >= 0.6 is 23.5 Å². The van der Waals surface area contributed by atoms with Crippen molar-refractivity contribution >= 4 is 70.3 Å². The van der Waals surface area contributed by atoms with Gasteiger partial charge in [-0.3, -0.25) is 19.4 Å². The van der Waals surface area contributed by atoms with E-state index in [9.17, 15) is 34.5 Å². The Kier molecular flexibility index (Phi) is 12.1. The Balaban J connectivity index is 0.00000541. The number of nitrogens with one attached hydrogen (secondary N) is 2. The Morgan fingerprint density at radius 3 is 2.42 bits per heavy atom. The summed E-state index contributed by atoms with van der Waals surface area (Å²) in [6.45, 7) is 1.61. The fourth-order valence-electron chi connectivity index (χ4n) is 5.53. The van der Waals surface area contributed by atoms with Crippen molar-refractivity contribution in [2.75, 3.05) is 40.7 Å². The molecule has 0 bridgehead atoms. The third-order valence-corrected chi connectivity index (χ3v) is 10.3. The number of aromatic nitrogens is 4. The number of benzene rings is 2.